The number of hydrogen-bond acceptors (Lipinski definition) is 3. The highest BCUT2D eigenvalue weighted by Gasteiger charge is 2.12. The van der Waals surface area contributed by atoms with Gasteiger partial charge in [-0.3, -0.25) is 4.79 Å². The molecule has 0 amide bonds. The largest absolute Gasteiger partial charge is 0.483 e. The van der Waals surface area contributed by atoms with E-state index in [9.17, 15) is 4.79 Å². The Hall–Kier alpha value is -1.10. The van der Waals surface area contributed by atoms with E-state index < -0.39 is 0 Å². The Morgan fingerprint density at radius 1 is 1.19 bits per heavy atom. The highest BCUT2D eigenvalue weighted by atomic mass is 35.5. The number of thioether (sulfide) groups is 1. The van der Waals surface area contributed by atoms with Crippen LogP contribution in [0.3, 0.4) is 0 Å². The van der Waals surface area contributed by atoms with Crippen LogP contribution >= 0.6 is 35.0 Å². The van der Waals surface area contributed by atoms with Crippen LogP contribution in [0.2, 0.25) is 10.0 Å². The number of hydrogen-bond donors (Lipinski definition) is 0. The molecule has 2 rings (SSSR count). The van der Waals surface area contributed by atoms with Crippen molar-refractivity contribution in [3.05, 3.63) is 50.7 Å². The predicted molar refractivity (Wildman–Crippen MR) is 90.8 cm³/mol. The molecule has 0 aliphatic heterocycles. The van der Waals surface area contributed by atoms with Crippen LogP contribution in [0.25, 0.3) is 11.3 Å². The average molecular weight is 344 g/mol. The second-order valence-electron chi connectivity index (χ2n) is 4.31. The van der Waals surface area contributed by atoms with Crippen LogP contribution in [0.4, 0.5) is 0 Å². The van der Waals surface area contributed by atoms with Gasteiger partial charge in [0.15, 0.2) is 0 Å². The van der Waals surface area contributed by atoms with E-state index in [4.69, 9.17) is 27.9 Å². The summed E-state index contributed by atoms with van der Waals surface area (Å²) < 4.78 is 7.12. The first-order chi connectivity index (χ1) is 10.1. The molecule has 1 aromatic carbocycles. The lowest BCUT2D eigenvalue weighted by Gasteiger charge is -2.14. The zero-order valence-electron chi connectivity index (χ0n) is 11.7. The summed E-state index contributed by atoms with van der Waals surface area (Å²) in [6.07, 6.45) is 1.96. The molecule has 1 aromatic heterocycles. The van der Waals surface area contributed by atoms with Gasteiger partial charge in [0.2, 0.25) is 0 Å². The summed E-state index contributed by atoms with van der Waals surface area (Å²) in [6, 6.07) is 8.85. The van der Waals surface area contributed by atoms with Crippen LogP contribution in [0.15, 0.2) is 35.1 Å². The lowest BCUT2D eigenvalue weighted by Crippen LogP contribution is -2.21. The Labute approximate surface area is 137 Å². The zero-order chi connectivity index (χ0) is 15.4. The van der Waals surface area contributed by atoms with E-state index in [-0.39, 0.29) is 10.6 Å². The van der Waals surface area contributed by atoms with Crippen molar-refractivity contribution in [2.24, 2.45) is 0 Å². The van der Waals surface area contributed by atoms with E-state index in [1.165, 1.54) is 0 Å². The van der Waals surface area contributed by atoms with Gasteiger partial charge >= 0.3 is 0 Å². The molecule has 2 aromatic rings. The first-order valence-corrected chi connectivity index (χ1v) is 8.54. The molecule has 0 atom stereocenters. The van der Waals surface area contributed by atoms with Gasteiger partial charge in [0.05, 0.1) is 10.7 Å². The Bertz CT molecular complexity index is 701. The third kappa shape index (κ3) is 3.57. The lowest BCUT2D eigenvalue weighted by molar-refractivity contribution is 0.393. The maximum atomic E-state index is 12.1. The number of pyridine rings is 1. The smallest absolute Gasteiger partial charge is 0.269 e. The van der Waals surface area contributed by atoms with Gasteiger partial charge in [0, 0.05) is 12.1 Å². The third-order valence-electron chi connectivity index (χ3n) is 3.00. The Morgan fingerprint density at radius 2 is 1.95 bits per heavy atom. The van der Waals surface area contributed by atoms with Gasteiger partial charge in [0.1, 0.15) is 16.7 Å². The molecule has 0 saturated carbocycles. The summed E-state index contributed by atoms with van der Waals surface area (Å²) >= 11 is 13.8. The summed E-state index contributed by atoms with van der Waals surface area (Å²) in [5, 5.41) is 0.745. The van der Waals surface area contributed by atoms with E-state index in [1.54, 1.807) is 34.5 Å². The Balaban J connectivity index is 2.48. The zero-order valence-corrected chi connectivity index (χ0v) is 14.1. The molecule has 112 valence electrons. The van der Waals surface area contributed by atoms with Gasteiger partial charge in [-0.05, 0) is 43.5 Å². The number of halogens is 2. The van der Waals surface area contributed by atoms with Crippen molar-refractivity contribution in [2.45, 2.75) is 13.5 Å². The van der Waals surface area contributed by atoms with Gasteiger partial charge < -0.3 is 9.30 Å². The predicted octanol–water partition coefficient (Wildman–Crippen LogP) is 4.54. The lowest BCUT2D eigenvalue weighted by atomic mass is 10.1. The maximum absolute atomic E-state index is 12.1. The fourth-order valence-corrected chi connectivity index (χ4v) is 2.71. The number of benzene rings is 1. The molecule has 0 spiro atoms. The van der Waals surface area contributed by atoms with Crippen LogP contribution in [0.1, 0.15) is 6.92 Å². The summed E-state index contributed by atoms with van der Waals surface area (Å²) in [5.41, 5.74) is 1.31. The quantitative estimate of drug-likeness (QED) is 0.746. The van der Waals surface area contributed by atoms with Crippen LogP contribution in [-0.4, -0.2) is 16.8 Å². The van der Waals surface area contributed by atoms with Crippen molar-refractivity contribution < 1.29 is 4.74 Å². The second-order valence-corrected chi connectivity index (χ2v) is 5.94. The fourth-order valence-electron chi connectivity index (χ4n) is 2.02. The van der Waals surface area contributed by atoms with E-state index in [1.807, 2.05) is 25.3 Å². The van der Waals surface area contributed by atoms with Crippen molar-refractivity contribution in [3.8, 4) is 17.0 Å². The standard InChI is InChI=1S/C15H15Cl2NO2S/c1-3-18-14(7-6-12(16)15(18)19)11-5-4-10(8-13(11)17)20-9-21-2/h4-8H,3,9H2,1-2H3. The van der Waals surface area contributed by atoms with Crippen molar-refractivity contribution in [1.29, 1.82) is 0 Å². The van der Waals surface area contributed by atoms with Crippen LogP contribution in [-0.2, 0) is 6.54 Å². The van der Waals surface area contributed by atoms with Crippen LogP contribution in [0, 0.1) is 0 Å². The topological polar surface area (TPSA) is 31.2 Å². The van der Waals surface area contributed by atoms with E-state index >= 15 is 0 Å². The van der Waals surface area contributed by atoms with E-state index in [2.05, 4.69) is 0 Å². The Morgan fingerprint density at radius 3 is 2.57 bits per heavy atom. The molecule has 0 radical (unpaired) electrons. The minimum Gasteiger partial charge on any atom is -0.483 e. The molecule has 0 N–H and O–H groups in total. The van der Waals surface area contributed by atoms with Gasteiger partial charge in [-0.25, -0.2) is 0 Å². The highest BCUT2D eigenvalue weighted by Crippen LogP contribution is 2.31. The Kier molecular flexibility index (Phi) is 5.62. The molecule has 0 aliphatic carbocycles. The summed E-state index contributed by atoms with van der Waals surface area (Å²) in [5.74, 6) is 1.27. The van der Waals surface area contributed by atoms with Crippen molar-refractivity contribution in [3.63, 3.8) is 0 Å². The van der Waals surface area contributed by atoms with Gasteiger partial charge in [-0.15, -0.1) is 11.8 Å². The molecule has 0 aliphatic rings. The molecular formula is C15H15Cl2NO2S. The maximum Gasteiger partial charge on any atom is 0.269 e. The molecule has 0 bridgehead atoms. The summed E-state index contributed by atoms with van der Waals surface area (Å²) in [7, 11) is 0. The van der Waals surface area contributed by atoms with Crippen LogP contribution in [0.5, 0.6) is 5.75 Å². The second kappa shape index (κ2) is 7.25. The van der Waals surface area contributed by atoms with E-state index in [0.717, 1.165) is 11.3 Å². The normalized spacial score (nSPS) is 10.7. The first kappa shape index (κ1) is 16.3. The summed E-state index contributed by atoms with van der Waals surface area (Å²) in [4.78, 5) is 12.1. The molecule has 21 heavy (non-hydrogen) atoms. The number of nitrogens with zero attached hydrogens (tertiary/aromatic N) is 1. The first-order valence-electron chi connectivity index (χ1n) is 6.39. The molecule has 6 heteroatoms. The average Bonchev–Trinajstić information content (AvgIpc) is 2.48. The monoisotopic (exact) mass is 343 g/mol. The molecular weight excluding hydrogens is 329 g/mol. The van der Waals surface area contributed by atoms with Gasteiger partial charge in [0.25, 0.3) is 5.56 Å². The fraction of sp³-hybridized carbons (Fsp3) is 0.267. The number of rotatable bonds is 5. The molecule has 0 fully saturated rings. The van der Waals surface area contributed by atoms with Crippen molar-refractivity contribution in [1.82, 2.24) is 4.57 Å². The molecule has 1 heterocycles. The van der Waals surface area contributed by atoms with Gasteiger partial charge in [-0.2, -0.15) is 0 Å². The minimum atomic E-state index is -0.213. The molecule has 0 saturated heterocycles. The van der Waals surface area contributed by atoms with Crippen molar-refractivity contribution in [2.75, 3.05) is 12.2 Å². The summed E-state index contributed by atoms with van der Waals surface area (Å²) in [6.45, 7) is 2.42. The van der Waals surface area contributed by atoms with Gasteiger partial charge in [-0.1, -0.05) is 23.2 Å². The SMILES string of the molecule is CCn1c(-c2ccc(OCSC)cc2Cl)ccc(Cl)c1=O. The number of ether oxygens (including phenoxy) is 1. The van der Waals surface area contributed by atoms with Crippen LogP contribution < -0.4 is 10.3 Å². The van der Waals surface area contributed by atoms with E-state index in [0.29, 0.717) is 23.3 Å². The minimum absolute atomic E-state index is 0.205. The highest BCUT2D eigenvalue weighted by molar-refractivity contribution is 7.98. The number of aromatic nitrogens is 1. The van der Waals surface area contributed by atoms with Crippen molar-refractivity contribution >= 4 is 35.0 Å². The molecule has 0 unspecified atom stereocenters. The molecule has 3 nitrogen and oxygen atoms in total. The third-order valence-corrected chi connectivity index (χ3v) is 3.96.